The first kappa shape index (κ1) is 25.1. The lowest BCUT2D eigenvalue weighted by Crippen LogP contribution is -2.44. The predicted molar refractivity (Wildman–Crippen MR) is 123 cm³/mol. The molecule has 4 nitrogen and oxygen atoms in total. The van der Waals surface area contributed by atoms with Gasteiger partial charge in [-0.25, -0.2) is 8.78 Å². The van der Waals surface area contributed by atoms with Crippen molar-refractivity contribution in [1.82, 2.24) is 4.31 Å². The smallest absolute Gasteiger partial charge is 0.271 e. The van der Waals surface area contributed by atoms with E-state index in [1.54, 1.807) is 24.3 Å². The number of rotatable bonds is 6. The van der Waals surface area contributed by atoms with Gasteiger partial charge in [-0.15, -0.1) is 0 Å². The van der Waals surface area contributed by atoms with E-state index in [0.717, 1.165) is 35.4 Å². The summed E-state index contributed by atoms with van der Waals surface area (Å²) in [4.78, 5) is 0. The highest BCUT2D eigenvalue weighted by molar-refractivity contribution is 7.90. The van der Waals surface area contributed by atoms with Crippen LogP contribution in [-0.2, 0) is 16.4 Å². The average Bonchev–Trinajstić information content (AvgIpc) is 2.81. The van der Waals surface area contributed by atoms with Gasteiger partial charge in [-0.1, -0.05) is 24.3 Å². The Labute approximate surface area is 200 Å². The normalized spacial score (nSPS) is 17.5. The van der Waals surface area contributed by atoms with E-state index < -0.39 is 33.6 Å². The minimum atomic E-state index is -4.52. The third kappa shape index (κ3) is 5.99. The first-order valence-electron chi connectivity index (χ1n) is 11.0. The zero-order valence-electron chi connectivity index (χ0n) is 18.5. The van der Waals surface area contributed by atoms with E-state index in [1.807, 2.05) is 0 Å². The summed E-state index contributed by atoms with van der Waals surface area (Å²) in [5.41, 5.74) is 0.699. The molecule has 1 unspecified atom stereocenters. The highest BCUT2D eigenvalue weighted by Crippen LogP contribution is 2.38. The third-order valence-electron chi connectivity index (χ3n) is 6.15. The van der Waals surface area contributed by atoms with Crippen LogP contribution < -0.4 is 4.72 Å². The van der Waals surface area contributed by atoms with Crippen molar-refractivity contribution in [2.45, 2.75) is 24.9 Å². The molecule has 0 aliphatic carbocycles. The van der Waals surface area contributed by atoms with Gasteiger partial charge in [0.2, 0.25) is 0 Å². The second kappa shape index (κ2) is 9.94. The van der Waals surface area contributed by atoms with Crippen LogP contribution in [0.2, 0.25) is 0 Å². The number of anilines is 1. The maximum Gasteiger partial charge on any atom is 0.416 e. The van der Waals surface area contributed by atoms with Gasteiger partial charge < -0.3 is 0 Å². The summed E-state index contributed by atoms with van der Waals surface area (Å²) in [7, 11) is -4.05. The number of hydrogen-bond acceptors (Lipinski definition) is 2. The lowest BCUT2D eigenvalue weighted by Gasteiger charge is -2.37. The van der Waals surface area contributed by atoms with Gasteiger partial charge in [0.25, 0.3) is 0 Å². The average molecular weight is 511 g/mol. The highest BCUT2D eigenvalue weighted by atomic mass is 32.2. The Morgan fingerprint density at radius 1 is 0.829 bits per heavy atom. The summed E-state index contributed by atoms with van der Waals surface area (Å²) in [5.74, 6) is -1.30. The molecule has 4 rings (SSSR count). The number of alkyl halides is 3. The van der Waals surface area contributed by atoms with Gasteiger partial charge in [-0.2, -0.15) is 25.9 Å². The third-order valence-corrected chi connectivity index (χ3v) is 7.65. The fourth-order valence-electron chi connectivity index (χ4n) is 4.48. The lowest BCUT2D eigenvalue weighted by atomic mass is 9.77. The Kier molecular flexibility index (Phi) is 7.14. The molecule has 0 amide bonds. The van der Waals surface area contributed by atoms with Crippen molar-refractivity contribution in [3.63, 3.8) is 0 Å². The summed E-state index contributed by atoms with van der Waals surface area (Å²) in [5, 5.41) is 0. The molecular formula is C25H23F5N2O2S. The Bertz CT molecular complexity index is 1200. The Morgan fingerprint density at radius 3 is 1.83 bits per heavy atom. The van der Waals surface area contributed by atoms with Crippen LogP contribution in [0.15, 0.2) is 72.8 Å². The van der Waals surface area contributed by atoms with Gasteiger partial charge in [-0.05, 0) is 78.4 Å². The fraction of sp³-hybridized carbons (Fsp3) is 0.280. The number of benzene rings is 3. The molecule has 0 aromatic heterocycles. The molecule has 0 radical (unpaired) electrons. The summed E-state index contributed by atoms with van der Waals surface area (Å²) in [6, 6.07) is 15.6. The zero-order valence-corrected chi connectivity index (χ0v) is 19.3. The van der Waals surface area contributed by atoms with E-state index in [-0.39, 0.29) is 30.6 Å². The van der Waals surface area contributed by atoms with Crippen LogP contribution in [-0.4, -0.2) is 25.8 Å². The number of nitrogens with zero attached hydrogens (tertiary/aromatic N) is 1. The quantitative estimate of drug-likeness (QED) is 0.403. The summed E-state index contributed by atoms with van der Waals surface area (Å²) >= 11 is 0. The first-order chi connectivity index (χ1) is 16.5. The Hall–Kier alpha value is -2.98. The largest absolute Gasteiger partial charge is 0.416 e. The molecule has 0 bridgehead atoms. The van der Waals surface area contributed by atoms with Crippen molar-refractivity contribution in [2.24, 2.45) is 5.92 Å². The van der Waals surface area contributed by atoms with Crippen molar-refractivity contribution < 1.29 is 30.4 Å². The van der Waals surface area contributed by atoms with Crippen LogP contribution in [0.25, 0.3) is 0 Å². The molecule has 0 spiro atoms. The van der Waals surface area contributed by atoms with Crippen LogP contribution in [0.4, 0.5) is 27.6 Å². The molecule has 0 saturated carbocycles. The van der Waals surface area contributed by atoms with Gasteiger partial charge >= 0.3 is 16.4 Å². The Balaban J connectivity index is 1.57. The molecule has 10 heteroatoms. The summed E-state index contributed by atoms with van der Waals surface area (Å²) in [6.45, 7) is 0.376. The van der Waals surface area contributed by atoms with Crippen molar-refractivity contribution in [3.8, 4) is 0 Å². The summed E-state index contributed by atoms with van der Waals surface area (Å²) < 4.78 is 95.3. The van der Waals surface area contributed by atoms with Crippen molar-refractivity contribution >= 4 is 15.9 Å². The van der Waals surface area contributed by atoms with Gasteiger partial charge in [0.05, 0.1) is 5.56 Å². The predicted octanol–water partition coefficient (Wildman–Crippen LogP) is 6.18. The van der Waals surface area contributed by atoms with E-state index in [9.17, 15) is 30.4 Å². The van der Waals surface area contributed by atoms with Crippen LogP contribution in [0, 0.1) is 17.6 Å². The minimum absolute atomic E-state index is 0.0220. The van der Waals surface area contributed by atoms with Crippen molar-refractivity contribution in [2.75, 3.05) is 17.8 Å². The topological polar surface area (TPSA) is 49.4 Å². The highest BCUT2D eigenvalue weighted by Gasteiger charge is 2.35. The molecule has 1 aliphatic rings. The first-order valence-corrected chi connectivity index (χ1v) is 12.4. The second-order valence-electron chi connectivity index (χ2n) is 8.52. The Morgan fingerprint density at radius 2 is 1.34 bits per heavy atom. The monoisotopic (exact) mass is 510 g/mol. The SMILES string of the molecule is O=S(=O)(Nc1ccc(C(F)(F)F)cc1)N1CCCC(C(c2ccc(F)cc2)c2ccc(F)cc2)C1. The molecular weight excluding hydrogens is 487 g/mol. The maximum absolute atomic E-state index is 13.6. The van der Waals surface area contributed by atoms with E-state index in [1.165, 1.54) is 28.6 Å². The summed E-state index contributed by atoms with van der Waals surface area (Å²) in [6.07, 6.45) is -3.28. The lowest BCUT2D eigenvalue weighted by molar-refractivity contribution is -0.137. The molecule has 1 atom stereocenters. The van der Waals surface area contributed by atoms with Gasteiger partial charge in [0, 0.05) is 24.7 Å². The van der Waals surface area contributed by atoms with Crippen LogP contribution in [0.1, 0.15) is 35.4 Å². The number of hydrogen-bond donors (Lipinski definition) is 1. The standard InChI is InChI=1S/C25H23F5N2O2S/c26-21-9-3-17(4-10-21)24(18-5-11-22(27)12-6-18)19-2-1-15-32(16-19)35(33,34)31-23-13-7-20(8-14-23)25(28,29)30/h3-14,19,24,31H,1-2,15-16H2. The van der Waals surface area contributed by atoms with E-state index in [4.69, 9.17) is 0 Å². The molecule has 1 N–H and O–H groups in total. The van der Waals surface area contributed by atoms with Gasteiger partial charge in [-0.3, -0.25) is 4.72 Å². The van der Waals surface area contributed by atoms with E-state index in [0.29, 0.717) is 12.8 Å². The maximum atomic E-state index is 13.6. The van der Waals surface area contributed by atoms with Crippen molar-refractivity contribution in [3.05, 3.63) is 101 Å². The van der Waals surface area contributed by atoms with Gasteiger partial charge in [0.1, 0.15) is 11.6 Å². The molecule has 3 aromatic carbocycles. The van der Waals surface area contributed by atoms with Gasteiger partial charge in [0.15, 0.2) is 0 Å². The molecule has 1 fully saturated rings. The number of nitrogens with one attached hydrogen (secondary N) is 1. The molecule has 35 heavy (non-hydrogen) atoms. The van der Waals surface area contributed by atoms with E-state index >= 15 is 0 Å². The molecule has 1 saturated heterocycles. The number of halogens is 5. The van der Waals surface area contributed by atoms with E-state index in [2.05, 4.69) is 4.72 Å². The molecule has 1 heterocycles. The molecule has 3 aromatic rings. The minimum Gasteiger partial charge on any atom is -0.271 e. The molecule has 1 aliphatic heterocycles. The molecule has 186 valence electrons. The van der Waals surface area contributed by atoms with Crippen LogP contribution in [0.3, 0.4) is 0 Å². The van der Waals surface area contributed by atoms with Crippen LogP contribution in [0.5, 0.6) is 0 Å². The van der Waals surface area contributed by atoms with Crippen molar-refractivity contribution in [1.29, 1.82) is 0 Å². The zero-order chi connectivity index (χ0) is 25.2. The number of piperidine rings is 1. The second-order valence-corrected chi connectivity index (χ2v) is 10.2. The van der Waals surface area contributed by atoms with Crippen LogP contribution >= 0.6 is 0 Å². The fourth-order valence-corrected chi connectivity index (χ4v) is 5.80.